The Morgan fingerprint density at radius 3 is 2.42 bits per heavy atom. The van der Waals surface area contributed by atoms with Crippen LogP contribution in [0.15, 0.2) is 57.2 Å². The second-order valence-corrected chi connectivity index (χ2v) is 11.7. The first-order valence-electron chi connectivity index (χ1n) is 9.34. The zero-order valence-electron chi connectivity index (χ0n) is 17.5. The monoisotopic (exact) mass is 478 g/mol. The van der Waals surface area contributed by atoms with Crippen LogP contribution < -0.4 is 4.80 Å². The van der Waals surface area contributed by atoms with Crippen LogP contribution in [0.4, 0.5) is 0 Å². The summed E-state index contributed by atoms with van der Waals surface area (Å²) in [6.45, 7) is 4.04. The summed E-state index contributed by atoms with van der Waals surface area (Å²) in [7, 11) is -2.12. The molecule has 0 aliphatic rings. The van der Waals surface area contributed by atoms with Crippen molar-refractivity contribution in [3.63, 3.8) is 0 Å². The average molecular weight is 479 g/mol. The predicted octanol–water partition coefficient (Wildman–Crippen LogP) is 3.52. The van der Waals surface area contributed by atoms with Crippen molar-refractivity contribution >= 4 is 55.0 Å². The third-order valence-corrected chi connectivity index (χ3v) is 7.43. The number of hydrogen-bond acceptors (Lipinski definition) is 7. The summed E-state index contributed by atoms with van der Waals surface area (Å²) in [4.78, 5) is 30.4. The molecule has 7 nitrogen and oxygen atoms in total. The molecule has 2 aromatic carbocycles. The lowest BCUT2D eigenvalue weighted by Gasteiger charge is -2.05. The zero-order chi connectivity index (χ0) is 22.8. The van der Waals surface area contributed by atoms with Gasteiger partial charge in [-0.3, -0.25) is 9.59 Å². The van der Waals surface area contributed by atoms with Crippen molar-refractivity contribution in [2.45, 2.75) is 35.4 Å². The van der Waals surface area contributed by atoms with E-state index in [9.17, 15) is 18.0 Å². The van der Waals surface area contributed by atoms with E-state index in [4.69, 9.17) is 4.74 Å². The number of thioether (sulfide) groups is 1. The highest BCUT2D eigenvalue weighted by Crippen LogP contribution is 2.24. The van der Waals surface area contributed by atoms with E-state index in [0.717, 1.165) is 22.5 Å². The van der Waals surface area contributed by atoms with Crippen molar-refractivity contribution in [3.8, 4) is 0 Å². The number of rotatable bonds is 6. The van der Waals surface area contributed by atoms with Crippen LogP contribution in [0.5, 0.6) is 0 Å². The molecular formula is C21H22N2O5S3. The Morgan fingerprint density at radius 2 is 1.84 bits per heavy atom. The number of esters is 1. The summed E-state index contributed by atoms with van der Waals surface area (Å²) in [5, 5.41) is 0.430. The minimum Gasteiger partial charge on any atom is -0.468 e. The molecule has 0 fully saturated rings. The first-order valence-corrected chi connectivity index (χ1v) is 12.9. The van der Waals surface area contributed by atoms with Gasteiger partial charge in [0.1, 0.15) is 6.54 Å². The summed E-state index contributed by atoms with van der Waals surface area (Å²) >= 11 is 2.84. The van der Waals surface area contributed by atoms with Crippen LogP contribution in [0, 0.1) is 0 Å². The molecule has 0 saturated heterocycles. The molecule has 0 saturated carbocycles. The first-order chi connectivity index (χ1) is 14.6. The Balaban J connectivity index is 2.07. The standard InChI is InChI=1S/C21H22N2O5S3/c1-13(2)29-15-7-5-14(6-8-15)20(25)22-21-23(12-19(24)28-3)17-10-9-16(31(4,26)27)11-18(17)30-21/h5-11,13H,12H2,1-4H3. The van der Waals surface area contributed by atoms with Gasteiger partial charge in [0.2, 0.25) is 0 Å². The smallest absolute Gasteiger partial charge is 0.325 e. The SMILES string of the molecule is COC(=O)Cn1c(=NC(=O)c2ccc(SC(C)C)cc2)sc2cc(S(C)(=O)=O)ccc21. The molecule has 3 aromatic rings. The Labute approximate surface area is 188 Å². The van der Waals surface area contributed by atoms with E-state index in [1.807, 2.05) is 12.1 Å². The number of nitrogens with zero attached hydrogens (tertiary/aromatic N) is 2. The molecule has 1 aromatic heterocycles. The number of sulfone groups is 1. The number of carbonyl (C=O) groups is 2. The number of aromatic nitrogens is 1. The Kier molecular flexibility index (Phi) is 7.03. The van der Waals surface area contributed by atoms with Crippen LogP contribution in [0.2, 0.25) is 0 Å². The minimum atomic E-state index is -3.40. The number of methoxy groups -OCH3 is 1. The minimum absolute atomic E-state index is 0.148. The van der Waals surface area contributed by atoms with Crippen LogP contribution in [0.1, 0.15) is 24.2 Å². The van der Waals surface area contributed by atoms with Gasteiger partial charge in [0.05, 0.1) is 22.2 Å². The van der Waals surface area contributed by atoms with Gasteiger partial charge < -0.3 is 9.30 Å². The molecule has 0 atom stereocenters. The third-order valence-electron chi connectivity index (χ3n) is 4.27. The number of benzene rings is 2. The number of fused-ring (bicyclic) bond motifs is 1. The first kappa shape index (κ1) is 23.2. The summed E-state index contributed by atoms with van der Waals surface area (Å²) in [6.07, 6.45) is 1.13. The summed E-state index contributed by atoms with van der Waals surface area (Å²) in [5.41, 5.74) is 1.02. The highest BCUT2D eigenvalue weighted by Gasteiger charge is 2.15. The molecule has 0 aliphatic heterocycles. The van der Waals surface area contributed by atoms with Crippen molar-refractivity contribution in [2.75, 3.05) is 13.4 Å². The van der Waals surface area contributed by atoms with Gasteiger partial charge >= 0.3 is 5.97 Å². The number of hydrogen-bond donors (Lipinski definition) is 0. The number of ether oxygens (including phenoxy) is 1. The Bertz CT molecular complexity index is 1300. The number of thiazole rings is 1. The molecule has 1 heterocycles. The fourth-order valence-corrected chi connectivity index (χ4v) is 5.44. The highest BCUT2D eigenvalue weighted by molar-refractivity contribution is 7.99. The van der Waals surface area contributed by atoms with E-state index >= 15 is 0 Å². The normalized spacial score (nSPS) is 12.5. The maximum absolute atomic E-state index is 12.8. The molecule has 10 heteroatoms. The number of amides is 1. The Morgan fingerprint density at radius 1 is 1.16 bits per heavy atom. The second kappa shape index (κ2) is 9.37. The fraction of sp³-hybridized carbons (Fsp3) is 0.286. The molecule has 0 radical (unpaired) electrons. The van der Waals surface area contributed by atoms with E-state index in [0.29, 0.717) is 21.0 Å². The van der Waals surface area contributed by atoms with Crippen molar-refractivity contribution in [2.24, 2.45) is 4.99 Å². The molecule has 0 bridgehead atoms. The second-order valence-electron chi connectivity index (χ2n) is 7.06. The molecule has 31 heavy (non-hydrogen) atoms. The maximum atomic E-state index is 12.8. The molecule has 1 amide bonds. The highest BCUT2D eigenvalue weighted by atomic mass is 32.2. The van der Waals surface area contributed by atoms with Gasteiger partial charge in [-0.25, -0.2) is 8.42 Å². The van der Waals surface area contributed by atoms with Crippen LogP contribution in [-0.4, -0.2) is 43.5 Å². The molecule has 0 spiro atoms. The summed E-state index contributed by atoms with van der Waals surface area (Å²) in [5.74, 6) is -0.953. The third kappa shape index (κ3) is 5.63. The van der Waals surface area contributed by atoms with Gasteiger partial charge in [-0.05, 0) is 42.5 Å². The van der Waals surface area contributed by atoms with Crippen molar-refractivity contribution in [3.05, 3.63) is 52.8 Å². The van der Waals surface area contributed by atoms with Gasteiger partial charge in [0.15, 0.2) is 14.6 Å². The topological polar surface area (TPSA) is 94.8 Å². The van der Waals surface area contributed by atoms with E-state index in [1.165, 1.54) is 19.2 Å². The van der Waals surface area contributed by atoms with E-state index in [-0.39, 0.29) is 16.2 Å². The van der Waals surface area contributed by atoms with Crippen LogP contribution in [0.25, 0.3) is 10.2 Å². The van der Waals surface area contributed by atoms with Crippen molar-refractivity contribution < 1.29 is 22.7 Å². The predicted molar refractivity (Wildman–Crippen MR) is 122 cm³/mol. The average Bonchev–Trinajstić information content (AvgIpc) is 3.03. The molecule has 0 N–H and O–H groups in total. The largest absolute Gasteiger partial charge is 0.468 e. The van der Waals surface area contributed by atoms with E-state index in [2.05, 4.69) is 18.8 Å². The Hall–Kier alpha value is -2.43. The van der Waals surface area contributed by atoms with Crippen molar-refractivity contribution in [1.82, 2.24) is 4.57 Å². The fourth-order valence-electron chi connectivity index (χ4n) is 2.82. The molecule has 0 aliphatic carbocycles. The van der Waals surface area contributed by atoms with Gasteiger partial charge in [-0.2, -0.15) is 4.99 Å². The maximum Gasteiger partial charge on any atom is 0.325 e. The molecule has 164 valence electrons. The van der Waals surface area contributed by atoms with E-state index in [1.54, 1.807) is 34.5 Å². The lowest BCUT2D eigenvalue weighted by atomic mass is 10.2. The lowest BCUT2D eigenvalue weighted by Crippen LogP contribution is -2.22. The quantitative estimate of drug-likeness (QED) is 0.397. The van der Waals surface area contributed by atoms with Crippen LogP contribution in [-0.2, 0) is 25.9 Å². The zero-order valence-corrected chi connectivity index (χ0v) is 19.9. The van der Waals surface area contributed by atoms with E-state index < -0.39 is 21.7 Å². The van der Waals surface area contributed by atoms with Gasteiger partial charge in [0.25, 0.3) is 5.91 Å². The van der Waals surface area contributed by atoms with Crippen LogP contribution >= 0.6 is 23.1 Å². The summed E-state index contributed by atoms with van der Waals surface area (Å²) < 4.78 is 30.7. The number of carbonyl (C=O) groups excluding carboxylic acids is 2. The van der Waals surface area contributed by atoms with Gasteiger partial charge in [-0.15, -0.1) is 11.8 Å². The van der Waals surface area contributed by atoms with Gasteiger partial charge in [0, 0.05) is 22.0 Å². The van der Waals surface area contributed by atoms with Gasteiger partial charge in [-0.1, -0.05) is 25.2 Å². The molecular weight excluding hydrogens is 456 g/mol. The summed E-state index contributed by atoms with van der Waals surface area (Å²) in [6, 6.07) is 11.8. The van der Waals surface area contributed by atoms with Crippen LogP contribution in [0.3, 0.4) is 0 Å². The lowest BCUT2D eigenvalue weighted by molar-refractivity contribution is -0.141. The van der Waals surface area contributed by atoms with Crippen molar-refractivity contribution in [1.29, 1.82) is 0 Å². The molecule has 0 unspecified atom stereocenters. The molecule has 3 rings (SSSR count).